The molecule has 0 fully saturated rings. The topological polar surface area (TPSA) is 20.3 Å². The molecule has 1 aliphatic heterocycles. The molecule has 1 heterocycles. The van der Waals surface area contributed by atoms with Crippen LogP contribution in [0.2, 0.25) is 0 Å². The minimum Gasteiger partial charge on any atom is -0.310 e. The van der Waals surface area contributed by atoms with Gasteiger partial charge >= 0.3 is 0 Å². The van der Waals surface area contributed by atoms with Crippen molar-refractivity contribution < 1.29 is 4.79 Å². The second-order valence-corrected chi connectivity index (χ2v) is 6.24. The molecule has 1 unspecified atom stereocenters. The maximum absolute atomic E-state index is 12.4. The van der Waals surface area contributed by atoms with Crippen LogP contribution in [0.3, 0.4) is 0 Å². The molecule has 1 atom stereocenters. The van der Waals surface area contributed by atoms with E-state index < -0.39 is 0 Å². The Morgan fingerprint density at radius 3 is 2.76 bits per heavy atom. The number of nitrogens with zero attached hydrogens (tertiary/aromatic N) is 1. The number of rotatable bonds is 6. The number of allylic oxidation sites excluding steroid dienone is 1. The van der Waals surface area contributed by atoms with E-state index in [2.05, 4.69) is 25.3 Å². The van der Waals surface area contributed by atoms with Crippen LogP contribution in [0.5, 0.6) is 0 Å². The summed E-state index contributed by atoms with van der Waals surface area (Å²) in [5.41, 5.74) is 0.881. The number of benzene rings is 1. The molecule has 0 aromatic heterocycles. The molecule has 0 radical (unpaired) electrons. The van der Waals surface area contributed by atoms with Crippen molar-refractivity contribution in [3.8, 4) is 0 Å². The highest BCUT2D eigenvalue weighted by atomic mass is 32.2. The zero-order chi connectivity index (χ0) is 15.2. The molecule has 3 heteroatoms. The van der Waals surface area contributed by atoms with E-state index in [1.807, 2.05) is 36.1 Å². The van der Waals surface area contributed by atoms with Crippen molar-refractivity contribution in [1.82, 2.24) is 4.90 Å². The standard InChI is InChI=1S/C18H21NOS/c1-4-9-15-12-17(21-16-10-7-6-8-11-16)13-18(20)19(15)14(3)5-2/h4,6-8,10-11,13,15H,1,3,5,9,12H2,2H3. The third kappa shape index (κ3) is 3.88. The molecule has 1 aromatic rings. The predicted octanol–water partition coefficient (Wildman–Crippen LogP) is 4.76. The Morgan fingerprint density at radius 1 is 1.43 bits per heavy atom. The van der Waals surface area contributed by atoms with Crippen molar-refractivity contribution >= 4 is 17.7 Å². The predicted molar refractivity (Wildman–Crippen MR) is 89.9 cm³/mol. The second-order valence-electron chi connectivity index (χ2n) is 5.04. The van der Waals surface area contributed by atoms with Gasteiger partial charge in [0.05, 0.1) is 0 Å². The van der Waals surface area contributed by atoms with E-state index in [-0.39, 0.29) is 11.9 Å². The highest BCUT2D eigenvalue weighted by Gasteiger charge is 2.29. The lowest BCUT2D eigenvalue weighted by Gasteiger charge is -2.35. The minimum absolute atomic E-state index is 0.0402. The molecular formula is C18H21NOS. The van der Waals surface area contributed by atoms with Crippen LogP contribution < -0.4 is 0 Å². The zero-order valence-electron chi connectivity index (χ0n) is 12.4. The molecule has 0 saturated heterocycles. The Bertz CT molecular complexity index is 562. The van der Waals surface area contributed by atoms with Crippen molar-refractivity contribution in [2.45, 2.75) is 37.1 Å². The lowest BCUT2D eigenvalue weighted by Crippen LogP contribution is -2.41. The van der Waals surface area contributed by atoms with Crippen molar-refractivity contribution in [2.75, 3.05) is 0 Å². The van der Waals surface area contributed by atoms with Gasteiger partial charge in [-0.15, -0.1) is 6.58 Å². The summed E-state index contributed by atoms with van der Waals surface area (Å²) in [4.78, 5) is 16.5. The first-order valence-electron chi connectivity index (χ1n) is 7.21. The van der Waals surface area contributed by atoms with Gasteiger partial charge in [-0.1, -0.05) is 49.5 Å². The van der Waals surface area contributed by atoms with Crippen LogP contribution in [0.1, 0.15) is 26.2 Å². The summed E-state index contributed by atoms with van der Waals surface area (Å²) in [6.45, 7) is 9.86. The van der Waals surface area contributed by atoms with Gasteiger partial charge in [0, 0.05) is 29.1 Å². The molecule has 1 amide bonds. The molecule has 21 heavy (non-hydrogen) atoms. The average Bonchev–Trinajstić information content (AvgIpc) is 2.48. The van der Waals surface area contributed by atoms with Gasteiger partial charge in [0.2, 0.25) is 0 Å². The number of carbonyl (C=O) groups excluding carboxylic acids is 1. The fraction of sp³-hybridized carbons (Fsp3) is 0.278. The number of hydrogen-bond acceptors (Lipinski definition) is 2. The molecule has 1 aromatic carbocycles. The maximum Gasteiger partial charge on any atom is 0.251 e. The Balaban J connectivity index is 2.20. The molecule has 0 aliphatic carbocycles. The number of carbonyl (C=O) groups is 1. The van der Waals surface area contributed by atoms with Crippen LogP contribution in [-0.2, 0) is 4.79 Å². The summed E-state index contributed by atoms with van der Waals surface area (Å²) in [7, 11) is 0. The van der Waals surface area contributed by atoms with E-state index in [4.69, 9.17) is 0 Å². The Labute approximate surface area is 131 Å². The first-order chi connectivity index (χ1) is 10.2. The van der Waals surface area contributed by atoms with Gasteiger partial charge in [-0.25, -0.2) is 0 Å². The van der Waals surface area contributed by atoms with Gasteiger partial charge in [-0.3, -0.25) is 4.79 Å². The lowest BCUT2D eigenvalue weighted by atomic mass is 10.0. The van der Waals surface area contributed by atoms with Crippen molar-refractivity contribution in [3.63, 3.8) is 0 Å². The lowest BCUT2D eigenvalue weighted by molar-refractivity contribution is -0.126. The van der Waals surface area contributed by atoms with Gasteiger partial charge in [-0.2, -0.15) is 0 Å². The summed E-state index contributed by atoms with van der Waals surface area (Å²) in [6, 6.07) is 10.3. The van der Waals surface area contributed by atoms with Gasteiger partial charge in [0.15, 0.2) is 0 Å². The summed E-state index contributed by atoms with van der Waals surface area (Å²) in [6.07, 6.45) is 6.06. The van der Waals surface area contributed by atoms with Crippen LogP contribution in [-0.4, -0.2) is 16.8 Å². The van der Waals surface area contributed by atoms with Crippen LogP contribution in [0.4, 0.5) is 0 Å². The van der Waals surface area contributed by atoms with Crippen molar-refractivity contribution in [1.29, 1.82) is 0 Å². The first-order valence-corrected chi connectivity index (χ1v) is 8.02. The molecule has 0 saturated carbocycles. The van der Waals surface area contributed by atoms with Gasteiger partial charge in [-0.05, 0) is 29.9 Å². The van der Waals surface area contributed by atoms with Gasteiger partial charge < -0.3 is 4.90 Å². The van der Waals surface area contributed by atoms with Crippen molar-refractivity contribution in [2.24, 2.45) is 0 Å². The fourth-order valence-corrected chi connectivity index (χ4v) is 3.48. The first kappa shape index (κ1) is 15.6. The largest absolute Gasteiger partial charge is 0.310 e. The Hall–Kier alpha value is -1.74. The molecule has 2 nitrogen and oxygen atoms in total. The SMILES string of the molecule is C=CCC1CC(Sc2ccccc2)=CC(=O)N1C(=C)CC. The highest BCUT2D eigenvalue weighted by molar-refractivity contribution is 8.03. The van der Waals surface area contributed by atoms with Crippen LogP contribution in [0.15, 0.2) is 71.1 Å². The third-order valence-electron chi connectivity index (χ3n) is 3.50. The van der Waals surface area contributed by atoms with Gasteiger partial charge in [0.1, 0.15) is 0 Å². The van der Waals surface area contributed by atoms with E-state index in [9.17, 15) is 4.79 Å². The molecule has 0 N–H and O–H groups in total. The number of amides is 1. The van der Waals surface area contributed by atoms with Crippen LogP contribution in [0, 0.1) is 0 Å². The minimum atomic E-state index is 0.0402. The molecule has 110 valence electrons. The van der Waals surface area contributed by atoms with Crippen molar-refractivity contribution in [3.05, 3.63) is 66.2 Å². The summed E-state index contributed by atoms with van der Waals surface area (Å²) >= 11 is 1.67. The van der Waals surface area contributed by atoms with Gasteiger partial charge in [0.25, 0.3) is 5.91 Å². The second kappa shape index (κ2) is 7.32. The average molecular weight is 299 g/mol. The van der Waals surface area contributed by atoms with E-state index in [0.717, 1.165) is 34.8 Å². The molecule has 0 bridgehead atoms. The van der Waals surface area contributed by atoms with E-state index in [1.165, 1.54) is 0 Å². The number of hydrogen-bond donors (Lipinski definition) is 0. The quantitative estimate of drug-likeness (QED) is 0.706. The number of thioether (sulfide) groups is 1. The maximum atomic E-state index is 12.4. The highest BCUT2D eigenvalue weighted by Crippen LogP contribution is 2.35. The fourth-order valence-electron chi connectivity index (χ4n) is 2.45. The summed E-state index contributed by atoms with van der Waals surface area (Å²) < 4.78 is 0. The van der Waals surface area contributed by atoms with Crippen LogP contribution in [0.25, 0.3) is 0 Å². The third-order valence-corrected chi connectivity index (χ3v) is 4.56. The molecular weight excluding hydrogens is 278 g/mol. The Kier molecular flexibility index (Phi) is 5.45. The molecule has 1 aliphatic rings. The van der Waals surface area contributed by atoms with Crippen LogP contribution >= 0.6 is 11.8 Å². The Morgan fingerprint density at radius 2 is 2.14 bits per heavy atom. The molecule has 2 rings (SSSR count). The smallest absolute Gasteiger partial charge is 0.251 e. The monoisotopic (exact) mass is 299 g/mol. The molecule has 0 spiro atoms. The normalized spacial score (nSPS) is 18.3. The van der Waals surface area contributed by atoms with E-state index in [0.29, 0.717) is 0 Å². The van der Waals surface area contributed by atoms with E-state index >= 15 is 0 Å². The van der Waals surface area contributed by atoms with E-state index in [1.54, 1.807) is 17.8 Å². The summed E-state index contributed by atoms with van der Waals surface area (Å²) in [5, 5.41) is 0. The zero-order valence-corrected chi connectivity index (χ0v) is 13.2. The summed E-state index contributed by atoms with van der Waals surface area (Å²) in [5.74, 6) is 0.0402.